The Hall–Kier alpha value is -3.53. The van der Waals surface area contributed by atoms with Gasteiger partial charge in [0.05, 0.1) is 7.11 Å². The molecule has 0 spiro atoms. The van der Waals surface area contributed by atoms with E-state index in [4.69, 9.17) is 5.73 Å². The number of halogens is 2. The molecule has 1 aromatic carbocycles. The van der Waals surface area contributed by atoms with E-state index >= 15 is 0 Å². The maximum Gasteiger partial charge on any atom is 0.325 e. The molecule has 4 rings (SSSR count). The molecule has 0 unspecified atom stereocenters. The highest BCUT2D eigenvalue weighted by molar-refractivity contribution is 5.95. The fraction of sp³-hybridized carbons (Fsp3) is 0.348. The summed E-state index contributed by atoms with van der Waals surface area (Å²) in [5, 5.41) is 5.89. The predicted octanol–water partition coefficient (Wildman–Crippen LogP) is 2.86. The third kappa shape index (κ3) is 4.95. The number of benzene rings is 1. The summed E-state index contributed by atoms with van der Waals surface area (Å²) in [4.78, 5) is 28.9. The number of esters is 1. The first kappa shape index (κ1) is 22.7. The van der Waals surface area contributed by atoms with Crippen molar-refractivity contribution in [1.82, 2.24) is 14.7 Å². The number of hydrogen-bond donors (Lipinski definition) is 3. The number of ether oxygens (including phenoxy) is 1. The average Bonchev–Trinajstić information content (AvgIpc) is 3.17. The van der Waals surface area contributed by atoms with Crippen LogP contribution in [0.25, 0.3) is 16.9 Å². The largest absolute Gasteiger partial charge is 0.468 e. The summed E-state index contributed by atoms with van der Waals surface area (Å²) in [6.07, 6.45) is 4.96. The highest BCUT2D eigenvalue weighted by Gasteiger charge is 2.22. The second-order valence-electron chi connectivity index (χ2n) is 8.09. The van der Waals surface area contributed by atoms with Crippen LogP contribution in [0.4, 0.5) is 14.6 Å². The quantitative estimate of drug-likeness (QED) is 0.491. The number of rotatable bonds is 6. The van der Waals surface area contributed by atoms with Crippen LogP contribution in [0.3, 0.4) is 0 Å². The molecule has 33 heavy (non-hydrogen) atoms. The van der Waals surface area contributed by atoms with E-state index in [0.29, 0.717) is 11.2 Å². The molecule has 174 valence electrons. The molecule has 0 saturated heterocycles. The van der Waals surface area contributed by atoms with Gasteiger partial charge in [0.1, 0.15) is 35.3 Å². The van der Waals surface area contributed by atoms with Gasteiger partial charge in [-0.25, -0.2) is 13.8 Å². The van der Waals surface area contributed by atoms with Gasteiger partial charge in [0, 0.05) is 29.4 Å². The summed E-state index contributed by atoms with van der Waals surface area (Å²) in [7, 11) is 1.25. The summed E-state index contributed by atoms with van der Waals surface area (Å²) in [5.41, 5.74) is 6.68. The van der Waals surface area contributed by atoms with E-state index in [1.807, 2.05) is 0 Å². The first-order valence-electron chi connectivity index (χ1n) is 10.7. The summed E-state index contributed by atoms with van der Waals surface area (Å²) in [5.74, 6) is -1.82. The molecule has 3 aromatic rings. The highest BCUT2D eigenvalue weighted by Crippen LogP contribution is 2.31. The van der Waals surface area contributed by atoms with Crippen LogP contribution in [0.15, 0.2) is 36.5 Å². The molecule has 1 saturated carbocycles. The molecule has 0 aliphatic heterocycles. The van der Waals surface area contributed by atoms with Crippen LogP contribution in [0.2, 0.25) is 0 Å². The number of nitrogens with one attached hydrogen (secondary N) is 2. The normalized spacial score (nSPS) is 18.2. The maximum atomic E-state index is 14.5. The third-order valence-corrected chi connectivity index (χ3v) is 5.81. The highest BCUT2D eigenvalue weighted by atomic mass is 19.1. The predicted molar refractivity (Wildman–Crippen MR) is 119 cm³/mol. The Labute approximate surface area is 189 Å². The minimum atomic E-state index is -0.672. The lowest BCUT2D eigenvalue weighted by Crippen LogP contribution is -2.40. The minimum absolute atomic E-state index is 0.0579. The second kappa shape index (κ2) is 9.53. The summed E-state index contributed by atoms with van der Waals surface area (Å²) >= 11 is 0. The van der Waals surface area contributed by atoms with Crippen LogP contribution < -0.4 is 16.4 Å². The van der Waals surface area contributed by atoms with E-state index in [9.17, 15) is 18.4 Å². The van der Waals surface area contributed by atoms with Crippen LogP contribution in [-0.4, -0.2) is 47.0 Å². The lowest BCUT2D eigenvalue weighted by Gasteiger charge is -2.26. The Balaban J connectivity index is 1.68. The van der Waals surface area contributed by atoms with Gasteiger partial charge in [-0.05, 0) is 56.0 Å². The summed E-state index contributed by atoms with van der Waals surface area (Å²) < 4.78 is 34.6. The van der Waals surface area contributed by atoms with Gasteiger partial charge >= 0.3 is 5.97 Å². The van der Waals surface area contributed by atoms with Crippen LogP contribution in [-0.2, 0) is 9.53 Å². The van der Waals surface area contributed by atoms with Crippen molar-refractivity contribution in [2.75, 3.05) is 19.0 Å². The Morgan fingerprint density at radius 2 is 1.94 bits per heavy atom. The molecule has 10 heteroatoms. The number of carbonyl (C=O) groups excluding carboxylic acids is 2. The van der Waals surface area contributed by atoms with Crippen LogP contribution in [0, 0.1) is 11.6 Å². The molecule has 1 aliphatic carbocycles. The van der Waals surface area contributed by atoms with Crippen molar-refractivity contribution in [3.8, 4) is 11.3 Å². The zero-order valence-electron chi connectivity index (χ0n) is 18.1. The van der Waals surface area contributed by atoms with E-state index in [0.717, 1.165) is 43.9 Å². The monoisotopic (exact) mass is 457 g/mol. The third-order valence-electron chi connectivity index (χ3n) is 5.81. The van der Waals surface area contributed by atoms with Gasteiger partial charge in [-0.1, -0.05) is 0 Å². The molecule has 1 amide bonds. The van der Waals surface area contributed by atoms with Crippen molar-refractivity contribution in [1.29, 1.82) is 0 Å². The number of pyridine rings is 1. The molecule has 0 bridgehead atoms. The summed E-state index contributed by atoms with van der Waals surface area (Å²) in [6, 6.07) is 6.45. The molecular weight excluding hydrogens is 432 g/mol. The van der Waals surface area contributed by atoms with Crippen molar-refractivity contribution in [2.24, 2.45) is 5.73 Å². The average molecular weight is 457 g/mol. The standard InChI is InChI=1S/C23H25F2N5O3/c1-33-20(31)12-27-22-21(17-11-14(24)2-7-18(17)25)29-19-10-13(8-9-30(19)22)23(32)28-16-5-3-15(26)4-6-16/h2,7-11,15-16,27H,3-6,12,26H2,1H3,(H,28,32). The summed E-state index contributed by atoms with van der Waals surface area (Å²) in [6.45, 7) is -0.208. The van der Waals surface area contributed by atoms with Gasteiger partial charge in [0.25, 0.3) is 5.91 Å². The van der Waals surface area contributed by atoms with Crippen molar-refractivity contribution in [3.63, 3.8) is 0 Å². The Bertz CT molecular complexity index is 1190. The molecule has 8 nitrogen and oxygen atoms in total. The fourth-order valence-corrected chi connectivity index (χ4v) is 3.98. The first-order valence-corrected chi connectivity index (χ1v) is 10.7. The Kier molecular flexibility index (Phi) is 6.55. The van der Waals surface area contributed by atoms with Gasteiger partial charge < -0.3 is 21.1 Å². The molecule has 4 N–H and O–H groups in total. The number of nitrogens with two attached hydrogens (primary N) is 1. The van der Waals surface area contributed by atoms with Crippen molar-refractivity contribution < 1.29 is 23.1 Å². The Morgan fingerprint density at radius 3 is 2.67 bits per heavy atom. The number of nitrogens with zero attached hydrogens (tertiary/aromatic N) is 2. The second-order valence-corrected chi connectivity index (χ2v) is 8.09. The SMILES string of the molecule is COC(=O)CNc1c(-c2cc(F)ccc2F)nc2cc(C(=O)NC3CCC(N)CC3)ccn12. The van der Waals surface area contributed by atoms with Crippen molar-refractivity contribution in [3.05, 3.63) is 53.7 Å². The lowest BCUT2D eigenvalue weighted by atomic mass is 9.91. The number of aromatic nitrogens is 2. The fourth-order valence-electron chi connectivity index (χ4n) is 3.98. The maximum absolute atomic E-state index is 14.5. The van der Waals surface area contributed by atoms with Crippen LogP contribution in [0.5, 0.6) is 0 Å². The number of amides is 1. The van der Waals surface area contributed by atoms with E-state index in [1.165, 1.54) is 7.11 Å². The van der Waals surface area contributed by atoms with E-state index < -0.39 is 17.6 Å². The van der Waals surface area contributed by atoms with Gasteiger partial charge in [-0.3, -0.25) is 14.0 Å². The van der Waals surface area contributed by atoms with Gasteiger partial charge in [0.15, 0.2) is 0 Å². The van der Waals surface area contributed by atoms with Crippen molar-refractivity contribution in [2.45, 2.75) is 37.8 Å². The van der Waals surface area contributed by atoms with Crippen molar-refractivity contribution >= 4 is 23.3 Å². The zero-order valence-corrected chi connectivity index (χ0v) is 18.1. The lowest BCUT2D eigenvalue weighted by molar-refractivity contribution is -0.138. The van der Waals surface area contributed by atoms with Crippen LogP contribution >= 0.6 is 0 Å². The van der Waals surface area contributed by atoms with Gasteiger partial charge in [-0.15, -0.1) is 0 Å². The number of methoxy groups -OCH3 is 1. The van der Waals surface area contributed by atoms with E-state index in [1.54, 1.807) is 22.7 Å². The zero-order chi connectivity index (χ0) is 23.5. The number of carbonyl (C=O) groups is 2. The molecule has 2 aromatic heterocycles. The molecule has 0 radical (unpaired) electrons. The van der Waals surface area contributed by atoms with E-state index in [-0.39, 0.29) is 41.6 Å². The minimum Gasteiger partial charge on any atom is -0.468 e. The van der Waals surface area contributed by atoms with Gasteiger partial charge in [0.2, 0.25) is 0 Å². The topological polar surface area (TPSA) is 111 Å². The van der Waals surface area contributed by atoms with Gasteiger partial charge in [-0.2, -0.15) is 0 Å². The van der Waals surface area contributed by atoms with Crippen LogP contribution in [0.1, 0.15) is 36.0 Å². The molecule has 1 aliphatic rings. The van der Waals surface area contributed by atoms with E-state index in [2.05, 4.69) is 20.4 Å². The smallest absolute Gasteiger partial charge is 0.325 e. The number of hydrogen-bond acceptors (Lipinski definition) is 6. The molecule has 2 heterocycles. The molecular formula is C23H25F2N5O3. The number of fused-ring (bicyclic) bond motifs is 1. The number of imidazole rings is 1. The molecule has 0 atom stereocenters. The number of anilines is 1. The first-order chi connectivity index (χ1) is 15.9. The molecule has 1 fully saturated rings. The Morgan fingerprint density at radius 1 is 1.18 bits per heavy atom.